The maximum Gasteiger partial charge on any atom is 0.264 e. The number of hydrogen-bond acceptors (Lipinski definition) is 6. The highest BCUT2D eigenvalue weighted by molar-refractivity contribution is 7.92. The molecule has 0 aliphatic heterocycles. The number of sulfonamides is 1. The number of anilines is 1. The minimum absolute atomic E-state index is 0.0242. The Morgan fingerprint density at radius 1 is 1.00 bits per heavy atom. The summed E-state index contributed by atoms with van der Waals surface area (Å²) in [5.74, 6) is 0.0526. The smallest absolute Gasteiger partial charge is 0.264 e. The fraction of sp³-hybridized carbons (Fsp3) is 0.172. The van der Waals surface area contributed by atoms with Crippen LogP contribution in [0.5, 0.6) is 11.5 Å². The van der Waals surface area contributed by atoms with E-state index in [2.05, 4.69) is 10.5 Å². The van der Waals surface area contributed by atoms with Gasteiger partial charge in [0.1, 0.15) is 18.0 Å². The first-order valence-corrected chi connectivity index (χ1v) is 14.0. The van der Waals surface area contributed by atoms with E-state index in [-0.39, 0.29) is 16.3 Å². The van der Waals surface area contributed by atoms with Gasteiger partial charge >= 0.3 is 0 Å². The van der Waals surface area contributed by atoms with Crippen LogP contribution in [0.25, 0.3) is 5.69 Å². The molecule has 0 radical (unpaired) electrons. The molecule has 1 amide bonds. The van der Waals surface area contributed by atoms with Crippen molar-refractivity contribution in [2.24, 2.45) is 5.10 Å². The average molecular weight is 581 g/mol. The van der Waals surface area contributed by atoms with Gasteiger partial charge in [0.25, 0.3) is 15.9 Å². The number of ether oxygens (including phenoxy) is 2. The molecule has 0 saturated heterocycles. The number of hydrogen-bond donors (Lipinski definition) is 1. The molecule has 0 unspecified atom stereocenters. The first-order valence-electron chi connectivity index (χ1n) is 12.2. The molecule has 0 fully saturated rings. The predicted octanol–water partition coefficient (Wildman–Crippen LogP) is 5.11. The lowest BCUT2D eigenvalue weighted by Gasteiger charge is -2.25. The van der Waals surface area contributed by atoms with Gasteiger partial charge in [0.15, 0.2) is 0 Å². The second-order valence-corrected chi connectivity index (χ2v) is 11.0. The Hall–Kier alpha value is -4.28. The minimum atomic E-state index is -4.14. The molecular formula is C29H29ClN4O5S. The second-order valence-electron chi connectivity index (χ2n) is 8.77. The van der Waals surface area contributed by atoms with Crippen molar-refractivity contribution >= 4 is 39.4 Å². The second kappa shape index (κ2) is 12.3. The fourth-order valence-corrected chi connectivity index (χ4v) is 5.94. The zero-order valence-electron chi connectivity index (χ0n) is 22.5. The van der Waals surface area contributed by atoms with Crippen LogP contribution >= 0.6 is 11.6 Å². The molecule has 0 bridgehead atoms. The van der Waals surface area contributed by atoms with Gasteiger partial charge in [0, 0.05) is 23.0 Å². The number of methoxy groups -OCH3 is 2. The molecule has 4 aromatic rings. The third-order valence-electron chi connectivity index (χ3n) is 6.23. The van der Waals surface area contributed by atoms with Gasteiger partial charge in [-0.15, -0.1) is 0 Å². The van der Waals surface area contributed by atoms with Gasteiger partial charge in [0.05, 0.1) is 41.7 Å². The van der Waals surface area contributed by atoms with Crippen molar-refractivity contribution in [3.8, 4) is 17.2 Å². The number of nitrogens with one attached hydrogen (secondary N) is 1. The normalized spacial score (nSPS) is 11.4. The number of para-hydroxylation sites is 1. The molecular weight excluding hydrogens is 552 g/mol. The van der Waals surface area contributed by atoms with Crippen molar-refractivity contribution in [3.63, 3.8) is 0 Å². The van der Waals surface area contributed by atoms with E-state index in [1.807, 2.05) is 48.7 Å². The highest BCUT2D eigenvalue weighted by Gasteiger charge is 2.29. The van der Waals surface area contributed by atoms with Gasteiger partial charge < -0.3 is 14.0 Å². The van der Waals surface area contributed by atoms with Crippen LogP contribution in [0.3, 0.4) is 0 Å². The summed E-state index contributed by atoms with van der Waals surface area (Å²) < 4.78 is 40.9. The van der Waals surface area contributed by atoms with Crippen molar-refractivity contribution in [2.45, 2.75) is 18.7 Å². The number of benzene rings is 3. The summed E-state index contributed by atoms with van der Waals surface area (Å²) in [6.07, 6.45) is 1.51. The number of halogens is 1. The molecule has 1 N–H and O–H groups in total. The molecule has 0 aliphatic carbocycles. The number of hydrazone groups is 1. The van der Waals surface area contributed by atoms with Crippen LogP contribution < -0.4 is 19.2 Å². The van der Waals surface area contributed by atoms with E-state index < -0.39 is 22.5 Å². The van der Waals surface area contributed by atoms with Gasteiger partial charge in [-0.05, 0) is 56.3 Å². The number of carbonyl (C=O) groups is 1. The molecule has 1 heterocycles. The number of aromatic nitrogens is 1. The summed E-state index contributed by atoms with van der Waals surface area (Å²) in [7, 11) is -1.24. The minimum Gasteiger partial charge on any atom is -0.497 e. The highest BCUT2D eigenvalue weighted by atomic mass is 35.5. The van der Waals surface area contributed by atoms with Crippen LogP contribution in [0, 0.1) is 13.8 Å². The highest BCUT2D eigenvalue weighted by Crippen LogP contribution is 2.35. The van der Waals surface area contributed by atoms with Gasteiger partial charge in [-0.25, -0.2) is 13.8 Å². The fourth-order valence-electron chi connectivity index (χ4n) is 4.27. The Morgan fingerprint density at radius 2 is 1.70 bits per heavy atom. The van der Waals surface area contributed by atoms with E-state index in [1.165, 1.54) is 38.6 Å². The lowest BCUT2D eigenvalue weighted by molar-refractivity contribution is -0.119. The molecule has 208 valence electrons. The maximum absolute atomic E-state index is 13.6. The van der Waals surface area contributed by atoms with E-state index in [0.29, 0.717) is 10.8 Å². The Bertz CT molecular complexity index is 1650. The van der Waals surface area contributed by atoms with Crippen molar-refractivity contribution in [3.05, 3.63) is 101 Å². The van der Waals surface area contributed by atoms with Gasteiger partial charge in [-0.3, -0.25) is 9.10 Å². The third kappa shape index (κ3) is 5.98. The van der Waals surface area contributed by atoms with E-state index >= 15 is 0 Å². The van der Waals surface area contributed by atoms with Crippen LogP contribution in [-0.2, 0) is 14.8 Å². The number of rotatable bonds is 10. The Balaban J connectivity index is 1.60. The standard InChI is InChI=1S/C29H29ClN4O5S/c1-20-16-22(21(2)34(20)26-13-9-8-12-25(26)30)18-31-32-29(35)19-33(40(36,37)24-10-6-5-7-11-24)27-15-14-23(38-3)17-28(27)39-4/h5-18H,19H2,1-4H3,(H,32,35)/b31-18+. The maximum atomic E-state index is 13.6. The summed E-state index contributed by atoms with van der Waals surface area (Å²) in [5, 5.41) is 4.71. The molecule has 4 rings (SSSR count). The first-order chi connectivity index (χ1) is 19.2. The van der Waals surface area contributed by atoms with Crippen molar-refractivity contribution in [1.82, 2.24) is 9.99 Å². The summed E-state index contributed by atoms with van der Waals surface area (Å²) in [6, 6.07) is 21.9. The largest absolute Gasteiger partial charge is 0.497 e. The third-order valence-corrected chi connectivity index (χ3v) is 8.32. The molecule has 0 aliphatic rings. The zero-order valence-corrected chi connectivity index (χ0v) is 24.0. The summed E-state index contributed by atoms with van der Waals surface area (Å²) in [6.45, 7) is 3.32. The molecule has 0 saturated carbocycles. The molecule has 9 nitrogen and oxygen atoms in total. The van der Waals surface area contributed by atoms with Crippen LogP contribution in [0.15, 0.2) is 88.9 Å². The molecule has 0 spiro atoms. The van der Waals surface area contributed by atoms with Crippen molar-refractivity contribution in [1.29, 1.82) is 0 Å². The molecule has 40 heavy (non-hydrogen) atoms. The summed E-state index contributed by atoms with van der Waals surface area (Å²) in [5.41, 5.74) is 6.03. The van der Waals surface area contributed by atoms with Gasteiger partial charge in [0.2, 0.25) is 0 Å². The van der Waals surface area contributed by atoms with Crippen LogP contribution in [0.4, 0.5) is 5.69 Å². The van der Waals surface area contributed by atoms with Crippen LogP contribution in [0.2, 0.25) is 5.02 Å². The van der Waals surface area contributed by atoms with Crippen LogP contribution in [-0.4, -0.2) is 45.9 Å². The van der Waals surface area contributed by atoms with E-state index in [9.17, 15) is 13.2 Å². The van der Waals surface area contributed by atoms with E-state index in [0.717, 1.165) is 26.9 Å². The van der Waals surface area contributed by atoms with Crippen molar-refractivity contribution in [2.75, 3.05) is 25.1 Å². The predicted molar refractivity (Wildman–Crippen MR) is 157 cm³/mol. The lowest BCUT2D eigenvalue weighted by atomic mass is 10.2. The lowest BCUT2D eigenvalue weighted by Crippen LogP contribution is -2.39. The molecule has 11 heteroatoms. The SMILES string of the molecule is COc1ccc(N(CC(=O)N/N=C/c2cc(C)n(-c3ccccc3Cl)c2C)S(=O)(=O)c2ccccc2)c(OC)c1. The monoisotopic (exact) mass is 580 g/mol. The first kappa shape index (κ1) is 28.7. The average Bonchev–Trinajstić information content (AvgIpc) is 3.24. The quantitative estimate of drug-likeness (QED) is 0.207. The number of carbonyl (C=O) groups excluding carboxylic acids is 1. The number of nitrogens with zero attached hydrogens (tertiary/aromatic N) is 3. The van der Waals surface area contributed by atoms with Crippen molar-refractivity contribution < 1.29 is 22.7 Å². The Labute approximate surface area is 238 Å². The summed E-state index contributed by atoms with van der Waals surface area (Å²) in [4.78, 5) is 13.0. The summed E-state index contributed by atoms with van der Waals surface area (Å²) >= 11 is 6.40. The Kier molecular flexibility index (Phi) is 8.81. The number of amides is 1. The molecule has 1 aromatic heterocycles. The van der Waals surface area contributed by atoms with E-state index in [4.69, 9.17) is 21.1 Å². The molecule has 0 atom stereocenters. The zero-order chi connectivity index (χ0) is 28.9. The van der Waals surface area contributed by atoms with E-state index in [1.54, 1.807) is 30.3 Å². The molecule has 3 aromatic carbocycles. The van der Waals surface area contributed by atoms with Gasteiger partial charge in [-0.1, -0.05) is 41.9 Å². The van der Waals surface area contributed by atoms with Crippen LogP contribution in [0.1, 0.15) is 17.0 Å². The van der Waals surface area contributed by atoms with Gasteiger partial charge in [-0.2, -0.15) is 5.10 Å². The number of aryl methyl sites for hydroxylation is 1. The Morgan fingerprint density at radius 3 is 2.38 bits per heavy atom. The topological polar surface area (TPSA) is 102 Å².